The highest BCUT2D eigenvalue weighted by atomic mass is 35.5. The number of hydrogen-bond acceptors (Lipinski definition) is 5. The van der Waals surface area contributed by atoms with Gasteiger partial charge in [-0.1, -0.05) is 23.7 Å². The molecule has 0 aliphatic rings. The van der Waals surface area contributed by atoms with E-state index in [4.69, 9.17) is 28.5 Å². The molecule has 0 amide bonds. The first kappa shape index (κ1) is 16.1. The van der Waals surface area contributed by atoms with Crippen LogP contribution in [0.3, 0.4) is 0 Å². The Kier molecular flexibility index (Phi) is 4.54. The smallest absolute Gasteiger partial charge is 0.304 e. The molecule has 2 aromatic heterocycles. The average molecular weight is 342 g/mol. The molecule has 2 heterocycles. The molecule has 2 N–H and O–H groups in total. The van der Waals surface area contributed by atoms with E-state index in [2.05, 4.69) is 20.9 Å². The van der Waals surface area contributed by atoms with Gasteiger partial charge >= 0.3 is 6.01 Å². The molecular weight excluding hydrogens is 326 g/mol. The van der Waals surface area contributed by atoms with Gasteiger partial charge in [-0.05, 0) is 25.0 Å². The van der Waals surface area contributed by atoms with Crippen molar-refractivity contribution < 1.29 is 4.74 Å². The standard InChI is InChI=1S/C17H16ClN5O/c1-3-4-5-9-23-16-13(15(19)20-10-21-16)22-17(23)24-14-11(2)7-6-8-12(14)18/h1,6-8,10H,4-5,9H2,2H3,(H2,19,20,21). The third-order valence-corrected chi connectivity index (χ3v) is 3.88. The largest absolute Gasteiger partial charge is 0.424 e. The van der Waals surface area contributed by atoms with Crippen LogP contribution in [-0.4, -0.2) is 19.5 Å². The van der Waals surface area contributed by atoms with Gasteiger partial charge in [-0.3, -0.25) is 4.57 Å². The van der Waals surface area contributed by atoms with Crippen LogP contribution in [0.2, 0.25) is 5.02 Å². The second-order valence-electron chi connectivity index (χ2n) is 5.27. The molecule has 0 aliphatic carbocycles. The van der Waals surface area contributed by atoms with Gasteiger partial charge in [0.2, 0.25) is 0 Å². The summed E-state index contributed by atoms with van der Waals surface area (Å²) in [5, 5.41) is 0.510. The molecule has 3 rings (SSSR count). The molecule has 24 heavy (non-hydrogen) atoms. The maximum atomic E-state index is 6.25. The number of ether oxygens (including phenoxy) is 1. The molecule has 0 bridgehead atoms. The molecule has 0 radical (unpaired) electrons. The molecule has 1 aromatic carbocycles. The predicted molar refractivity (Wildman–Crippen MR) is 94.1 cm³/mol. The molecular formula is C17H16ClN5O. The quantitative estimate of drug-likeness (QED) is 0.567. The first-order valence-electron chi connectivity index (χ1n) is 7.45. The molecule has 0 spiro atoms. The summed E-state index contributed by atoms with van der Waals surface area (Å²) < 4.78 is 7.83. The van der Waals surface area contributed by atoms with Crippen molar-refractivity contribution >= 4 is 28.6 Å². The van der Waals surface area contributed by atoms with Gasteiger partial charge in [-0.15, -0.1) is 12.3 Å². The molecule has 122 valence electrons. The molecule has 7 heteroatoms. The van der Waals surface area contributed by atoms with Crippen LogP contribution in [0, 0.1) is 19.3 Å². The highest BCUT2D eigenvalue weighted by molar-refractivity contribution is 6.32. The van der Waals surface area contributed by atoms with Gasteiger partial charge in [0.1, 0.15) is 6.33 Å². The van der Waals surface area contributed by atoms with Crippen molar-refractivity contribution in [2.24, 2.45) is 0 Å². The lowest BCUT2D eigenvalue weighted by atomic mass is 10.2. The number of halogens is 1. The normalized spacial score (nSPS) is 10.7. The maximum Gasteiger partial charge on any atom is 0.304 e. The van der Waals surface area contributed by atoms with Crippen molar-refractivity contribution in [3.63, 3.8) is 0 Å². The number of unbranched alkanes of at least 4 members (excludes halogenated alkanes) is 1. The summed E-state index contributed by atoms with van der Waals surface area (Å²) >= 11 is 6.25. The first-order valence-corrected chi connectivity index (χ1v) is 7.82. The Morgan fingerprint density at radius 1 is 1.38 bits per heavy atom. The van der Waals surface area contributed by atoms with E-state index in [1.54, 1.807) is 6.07 Å². The van der Waals surface area contributed by atoms with Gasteiger partial charge in [0.25, 0.3) is 0 Å². The topological polar surface area (TPSA) is 78.9 Å². The highest BCUT2D eigenvalue weighted by Gasteiger charge is 2.18. The van der Waals surface area contributed by atoms with Gasteiger partial charge in [-0.25, -0.2) is 9.97 Å². The van der Waals surface area contributed by atoms with Crippen molar-refractivity contribution in [2.45, 2.75) is 26.3 Å². The second-order valence-corrected chi connectivity index (χ2v) is 5.68. The SMILES string of the molecule is C#CCCCn1c(Oc2c(C)cccc2Cl)nc2c(N)ncnc21. The van der Waals surface area contributed by atoms with Gasteiger partial charge in [0.15, 0.2) is 22.7 Å². The molecule has 0 atom stereocenters. The van der Waals surface area contributed by atoms with Crippen molar-refractivity contribution in [1.82, 2.24) is 19.5 Å². The fourth-order valence-electron chi connectivity index (χ4n) is 2.39. The first-order chi connectivity index (χ1) is 11.6. The van der Waals surface area contributed by atoms with E-state index in [0.717, 1.165) is 12.0 Å². The number of benzene rings is 1. The molecule has 0 fully saturated rings. The van der Waals surface area contributed by atoms with Crippen molar-refractivity contribution in [3.8, 4) is 24.1 Å². The Bertz CT molecular complexity index is 908. The fraction of sp³-hybridized carbons (Fsp3) is 0.235. The zero-order valence-electron chi connectivity index (χ0n) is 13.2. The average Bonchev–Trinajstić information content (AvgIpc) is 2.91. The van der Waals surface area contributed by atoms with Crippen molar-refractivity contribution in [2.75, 3.05) is 5.73 Å². The molecule has 0 aliphatic heterocycles. The maximum absolute atomic E-state index is 6.25. The Morgan fingerprint density at radius 2 is 2.21 bits per heavy atom. The molecule has 3 aromatic rings. The number of aromatic nitrogens is 4. The van der Waals surface area contributed by atoms with Crippen LogP contribution in [0.4, 0.5) is 5.82 Å². The number of fused-ring (bicyclic) bond motifs is 1. The number of rotatable bonds is 5. The van der Waals surface area contributed by atoms with Crippen molar-refractivity contribution in [3.05, 3.63) is 35.1 Å². The van der Waals surface area contributed by atoms with Crippen LogP contribution < -0.4 is 10.5 Å². The van der Waals surface area contributed by atoms with E-state index in [9.17, 15) is 0 Å². The lowest BCUT2D eigenvalue weighted by Gasteiger charge is -2.11. The summed E-state index contributed by atoms with van der Waals surface area (Å²) in [6.45, 7) is 2.52. The van der Waals surface area contributed by atoms with Gasteiger partial charge in [-0.2, -0.15) is 4.98 Å². The summed E-state index contributed by atoms with van der Waals surface area (Å²) in [5.41, 5.74) is 7.92. The number of terminal acetylenes is 1. The van der Waals surface area contributed by atoms with Gasteiger partial charge in [0.05, 0.1) is 5.02 Å². The third-order valence-electron chi connectivity index (χ3n) is 3.59. The summed E-state index contributed by atoms with van der Waals surface area (Å²) in [6.07, 6.45) is 8.15. The van der Waals surface area contributed by atoms with Gasteiger partial charge in [0, 0.05) is 13.0 Å². The Hall–Kier alpha value is -2.78. The van der Waals surface area contributed by atoms with E-state index < -0.39 is 0 Å². The van der Waals surface area contributed by atoms with Crippen molar-refractivity contribution in [1.29, 1.82) is 0 Å². The Labute approximate surface area is 144 Å². The molecule has 0 saturated heterocycles. The molecule has 0 saturated carbocycles. The number of nitrogens with zero attached hydrogens (tertiary/aromatic N) is 4. The predicted octanol–water partition coefficient (Wildman–Crippen LogP) is 3.58. The Morgan fingerprint density at radius 3 is 2.96 bits per heavy atom. The summed E-state index contributed by atoms with van der Waals surface area (Å²) in [5.74, 6) is 3.48. The number of para-hydroxylation sites is 1. The van der Waals surface area contributed by atoms with Crippen LogP contribution in [-0.2, 0) is 6.54 Å². The van der Waals surface area contributed by atoms with E-state index >= 15 is 0 Å². The number of imidazole rings is 1. The highest BCUT2D eigenvalue weighted by Crippen LogP contribution is 2.34. The minimum atomic E-state index is 0.302. The van der Waals surface area contributed by atoms with E-state index in [1.165, 1.54) is 6.33 Å². The molecule has 6 nitrogen and oxygen atoms in total. The number of anilines is 1. The number of nitrogen functional groups attached to an aromatic ring is 1. The van der Waals surface area contributed by atoms with Crippen LogP contribution >= 0.6 is 11.6 Å². The lowest BCUT2D eigenvalue weighted by molar-refractivity contribution is 0.409. The van der Waals surface area contributed by atoms with E-state index in [-0.39, 0.29) is 0 Å². The zero-order chi connectivity index (χ0) is 17.1. The van der Waals surface area contributed by atoms with E-state index in [1.807, 2.05) is 23.6 Å². The summed E-state index contributed by atoms with van der Waals surface area (Å²) in [7, 11) is 0. The van der Waals surface area contributed by atoms with Crippen LogP contribution in [0.25, 0.3) is 11.2 Å². The minimum Gasteiger partial charge on any atom is -0.424 e. The van der Waals surface area contributed by atoms with Crippen LogP contribution in [0.5, 0.6) is 11.8 Å². The third kappa shape index (κ3) is 2.99. The van der Waals surface area contributed by atoms with Crippen LogP contribution in [0.15, 0.2) is 24.5 Å². The van der Waals surface area contributed by atoms with Crippen LogP contribution in [0.1, 0.15) is 18.4 Å². The molecule has 0 unspecified atom stereocenters. The summed E-state index contributed by atoms with van der Waals surface area (Å²) in [4.78, 5) is 12.7. The number of hydrogen-bond donors (Lipinski definition) is 1. The van der Waals surface area contributed by atoms with Gasteiger partial charge < -0.3 is 10.5 Å². The monoisotopic (exact) mass is 341 g/mol. The zero-order valence-corrected chi connectivity index (χ0v) is 13.9. The number of aryl methyl sites for hydroxylation is 2. The minimum absolute atomic E-state index is 0.302. The number of nitrogens with two attached hydrogens (primary N) is 1. The second kappa shape index (κ2) is 6.77. The van der Waals surface area contributed by atoms with E-state index in [0.29, 0.717) is 46.7 Å². The lowest BCUT2D eigenvalue weighted by Crippen LogP contribution is -2.03. The Balaban J connectivity index is 2.07. The fourth-order valence-corrected chi connectivity index (χ4v) is 2.65. The summed E-state index contributed by atoms with van der Waals surface area (Å²) in [6, 6.07) is 5.92.